The van der Waals surface area contributed by atoms with Crippen molar-refractivity contribution in [2.24, 2.45) is 0 Å². The summed E-state index contributed by atoms with van der Waals surface area (Å²) in [5.74, 6) is -0.111. The summed E-state index contributed by atoms with van der Waals surface area (Å²) in [6, 6.07) is 18.2. The average molecular weight is 325 g/mol. The van der Waals surface area contributed by atoms with E-state index >= 15 is 0 Å². The number of hydrogen-bond donors (Lipinski definition) is 3. The largest absolute Gasteiger partial charge is 0.379 e. The first-order valence-electron chi connectivity index (χ1n) is 8.27. The summed E-state index contributed by atoms with van der Waals surface area (Å²) in [7, 11) is 0. The van der Waals surface area contributed by atoms with Crippen LogP contribution >= 0.6 is 0 Å². The summed E-state index contributed by atoms with van der Waals surface area (Å²) in [6.07, 6.45) is -0.422. The normalized spacial score (nSPS) is 18.6. The highest BCUT2D eigenvalue weighted by Gasteiger charge is 2.21. The van der Waals surface area contributed by atoms with Crippen LogP contribution in [-0.2, 0) is 9.53 Å². The quantitative estimate of drug-likeness (QED) is 0.791. The molecule has 5 nitrogen and oxygen atoms in total. The fourth-order valence-corrected chi connectivity index (χ4v) is 2.68. The van der Waals surface area contributed by atoms with Crippen molar-refractivity contribution in [3.63, 3.8) is 0 Å². The van der Waals surface area contributed by atoms with Gasteiger partial charge in [0.15, 0.2) is 0 Å². The number of anilines is 2. The Kier molecular flexibility index (Phi) is 5.46. The van der Waals surface area contributed by atoms with Crippen molar-refractivity contribution in [2.75, 3.05) is 30.3 Å². The maximum atomic E-state index is 12.1. The summed E-state index contributed by atoms with van der Waals surface area (Å²) in [6.45, 7) is 4.04. The van der Waals surface area contributed by atoms with Gasteiger partial charge in [-0.25, -0.2) is 0 Å². The number of morpholine rings is 1. The van der Waals surface area contributed by atoms with E-state index in [4.69, 9.17) is 4.74 Å². The van der Waals surface area contributed by atoms with Gasteiger partial charge < -0.3 is 20.7 Å². The van der Waals surface area contributed by atoms with E-state index in [2.05, 4.69) is 35.0 Å². The minimum absolute atomic E-state index is 0.111. The minimum Gasteiger partial charge on any atom is -0.379 e. The Morgan fingerprint density at radius 3 is 2.50 bits per heavy atom. The first-order chi connectivity index (χ1) is 11.7. The molecule has 1 aliphatic heterocycles. The molecule has 5 heteroatoms. The first-order valence-corrected chi connectivity index (χ1v) is 8.27. The molecule has 1 fully saturated rings. The molecule has 1 heterocycles. The molecular weight excluding hydrogens is 302 g/mol. The highest BCUT2D eigenvalue weighted by atomic mass is 16.5. The molecular formula is C19H23N3O2. The fraction of sp³-hybridized carbons (Fsp3) is 0.316. The van der Waals surface area contributed by atoms with Crippen LogP contribution in [0.25, 0.3) is 0 Å². The van der Waals surface area contributed by atoms with Gasteiger partial charge in [-0.05, 0) is 36.8 Å². The maximum Gasteiger partial charge on any atom is 0.254 e. The van der Waals surface area contributed by atoms with Crippen molar-refractivity contribution in [3.8, 4) is 0 Å². The first kappa shape index (κ1) is 16.5. The lowest BCUT2D eigenvalue weighted by atomic mass is 10.1. The van der Waals surface area contributed by atoms with E-state index in [-0.39, 0.29) is 11.9 Å². The number of carbonyl (C=O) groups is 1. The number of amides is 1. The lowest BCUT2D eigenvalue weighted by Crippen LogP contribution is -2.45. The van der Waals surface area contributed by atoms with E-state index in [9.17, 15) is 4.79 Å². The van der Waals surface area contributed by atoms with Crippen LogP contribution in [0.5, 0.6) is 0 Å². The number of rotatable bonds is 5. The zero-order chi connectivity index (χ0) is 16.8. The molecule has 3 rings (SSSR count). The molecule has 126 valence electrons. The van der Waals surface area contributed by atoms with Gasteiger partial charge in [-0.3, -0.25) is 4.79 Å². The maximum absolute atomic E-state index is 12.1. The Balaban J connectivity index is 1.56. The second-order valence-corrected chi connectivity index (χ2v) is 5.91. The van der Waals surface area contributed by atoms with Gasteiger partial charge in [-0.15, -0.1) is 0 Å². The van der Waals surface area contributed by atoms with Gasteiger partial charge in [0.2, 0.25) is 0 Å². The molecule has 0 spiro atoms. The molecule has 2 atom stereocenters. The number of hydrogen-bond acceptors (Lipinski definition) is 4. The van der Waals surface area contributed by atoms with Gasteiger partial charge in [-0.1, -0.05) is 30.3 Å². The molecule has 0 aliphatic carbocycles. The van der Waals surface area contributed by atoms with Gasteiger partial charge >= 0.3 is 0 Å². The lowest BCUT2D eigenvalue weighted by molar-refractivity contribution is -0.128. The van der Waals surface area contributed by atoms with E-state index in [0.717, 1.165) is 17.9 Å². The Morgan fingerprint density at radius 1 is 1.12 bits per heavy atom. The molecule has 1 aliphatic rings. The molecule has 0 aromatic heterocycles. The summed E-state index contributed by atoms with van der Waals surface area (Å²) in [5, 5.41) is 9.50. The SMILES string of the molecule is CC(Nc1ccc(NC(=O)C2CNCCO2)cc1)c1ccccc1. The van der Waals surface area contributed by atoms with Crippen LogP contribution in [0.1, 0.15) is 18.5 Å². The minimum atomic E-state index is -0.422. The van der Waals surface area contributed by atoms with Crippen LogP contribution in [0, 0.1) is 0 Å². The second-order valence-electron chi connectivity index (χ2n) is 5.91. The van der Waals surface area contributed by atoms with Crippen LogP contribution in [0.15, 0.2) is 54.6 Å². The van der Waals surface area contributed by atoms with E-state index in [0.29, 0.717) is 13.2 Å². The zero-order valence-corrected chi connectivity index (χ0v) is 13.8. The Morgan fingerprint density at radius 2 is 1.83 bits per heavy atom. The highest BCUT2D eigenvalue weighted by Crippen LogP contribution is 2.20. The molecule has 0 saturated carbocycles. The summed E-state index contributed by atoms with van der Waals surface area (Å²) in [4.78, 5) is 12.1. The molecule has 1 amide bonds. The molecule has 2 aromatic carbocycles. The van der Waals surface area contributed by atoms with E-state index < -0.39 is 6.10 Å². The third-order valence-electron chi connectivity index (χ3n) is 4.06. The van der Waals surface area contributed by atoms with Crippen molar-refractivity contribution >= 4 is 17.3 Å². The van der Waals surface area contributed by atoms with Crippen LogP contribution < -0.4 is 16.0 Å². The van der Waals surface area contributed by atoms with Gasteiger partial charge in [-0.2, -0.15) is 0 Å². The zero-order valence-electron chi connectivity index (χ0n) is 13.8. The van der Waals surface area contributed by atoms with Crippen molar-refractivity contribution in [2.45, 2.75) is 19.1 Å². The van der Waals surface area contributed by atoms with E-state index in [1.807, 2.05) is 42.5 Å². The topological polar surface area (TPSA) is 62.4 Å². The number of benzene rings is 2. The van der Waals surface area contributed by atoms with Gasteiger partial charge in [0.1, 0.15) is 6.10 Å². The van der Waals surface area contributed by atoms with Crippen molar-refractivity contribution in [1.82, 2.24) is 5.32 Å². The average Bonchev–Trinajstić information content (AvgIpc) is 2.65. The monoisotopic (exact) mass is 325 g/mol. The Bertz CT molecular complexity index is 652. The Labute approximate surface area is 142 Å². The third-order valence-corrected chi connectivity index (χ3v) is 4.06. The van der Waals surface area contributed by atoms with Crippen LogP contribution in [0.2, 0.25) is 0 Å². The molecule has 24 heavy (non-hydrogen) atoms. The lowest BCUT2D eigenvalue weighted by Gasteiger charge is -2.22. The highest BCUT2D eigenvalue weighted by molar-refractivity contribution is 5.94. The van der Waals surface area contributed by atoms with Crippen molar-refractivity contribution in [1.29, 1.82) is 0 Å². The standard InChI is InChI=1S/C19H23N3O2/c1-14(15-5-3-2-4-6-15)21-16-7-9-17(10-8-16)22-19(23)18-13-20-11-12-24-18/h2-10,14,18,20-21H,11-13H2,1H3,(H,22,23). The van der Waals surface area contributed by atoms with Crippen LogP contribution in [0.4, 0.5) is 11.4 Å². The predicted octanol–water partition coefficient (Wildman–Crippen LogP) is 2.79. The fourth-order valence-electron chi connectivity index (χ4n) is 2.68. The van der Waals surface area contributed by atoms with E-state index in [1.54, 1.807) is 0 Å². The molecule has 0 bridgehead atoms. The Hall–Kier alpha value is -2.37. The van der Waals surface area contributed by atoms with Crippen molar-refractivity contribution in [3.05, 3.63) is 60.2 Å². The molecule has 3 N–H and O–H groups in total. The van der Waals surface area contributed by atoms with Crippen molar-refractivity contribution < 1.29 is 9.53 Å². The van der Waals surface area contributed by atoms with Gasteiger partial charge in [0, 0.05) is 30.5 Å². The van der Waals surface area contributed by atoms with Crippen LogP contribution in [0.3, 0.4) is 0 Å². The second kappa shape index (κ2) is 7.95. The summed E-state index contributed by atoms with van der Waals surface area (Å²) < 4.78 is 5.45. The smallest absolute Gasteiger partial charge is 0.254 e. The molecule has 1 saturated heterocycles. The third kappa shape index (κ3) is 4.34. The number of nitrogens with one attached hydrogen (secondary N) is 3. The number of ether oxygens (including phenoxy) is 1. The molecule has 2 unspecified atom stereocenters. The van der Waals surface area contributed by atoms with Crippen LogP contribution in [-0.4, -0.2) is 31.7 Å². The van der Waals surface area contributed by atoms with Gasteiger partial charge in [0.05, 0.1) is 6.61 Å². The van der Waals surface area contributed by atoms with E-state index in [1.165, 1.54) is 5.56 Å². The summed E-state index contributed by atoms with van der Waals surface area (Å²) in [5.41, 5.74) is 3.02. The van der Waals surface area contributed by atoms with Gasteiger partial charge in [0.25, 0.3) is 5.91 Å². The summed E-state index contributed by atoms with van der Waals surface area (Å²) >= 11 is 0. The molecule has 0 radical (unpaired) electrons. The predicted molar refractivity (Wildman–Crippen MR) is 96.2 cm³/mol. The number of carbonyl (C=O) groups excluding carboxylic acids is 1. The molecule has 2 aromatic rings.